The van der Waals surface area contributed by atoms with Gasteiger partial charge in [-0.1, -0.05) is 17.1 Å². The van der Waals surface area contributed by atoms with E-state index in [-0.39, 0.29) is 0 Å². The second kappa shape index (κ2) is 3.44. The molecular weight excluding hydrogens is 199 g/mol. The van der Waals surface area contributed by atoms with E-state index in [1.807, 2.05) is 0 Å². The van der Waals surface area contributed by atoms with Gasteiger partial charge in [0.1, 0.15) is 14.2 Å². The molecule has 3 rings (SSSR count). The molecule has 80 valence electrons. The topological polar surface area (TPSA) is 43.6 Å². The molecule has 1 heterocycles. The first-order valence-electron chi connectivity index (χ1n) is 5.60. The molecule has 1 aromatic carbocycles. The maximum atomic E-state index is 3.98. The molecule has 0 radical (unpaired) electrons. The van der Waals surface area contributed by atoms with Crippen LogP contribution in [0.2, 0.25) is 0 Å². The largest absolute Gasteiger partial charge is 0.200 e. The Hall–Kier alpha value is -1.65. The van der Waals surface area contributed by atoms with Gasteiger partial charge in [0.15, 0.2) is 0 Å². The molecule has 1 fully saturated rings. The summed E-state index contributed by atoms with van der Waals surface area (Å²) in [6, 6.07) is 4.46. The zero-order valence-electron chi connectivity index (χ0n) is 9.51. The predicted molar refractivity (Wildman–Crippen MR) is 64.0 cm³/mol. The molecule has 0 bridgehead atoms. The van der Waals surface area contributed by atoms with Crippen LogP contribution in [0.4, 0.5) is 0 Å². The van der Waals surface area contributed by atoms with Gasteiger partial charge < -0.3 is 0 Å². The highest BCUT2D eigenvalue weighted by Crippen LogP contribution is 2.42. The lowest BCUT2D eigenvalue weighted by atomic mass is 9.87. The van der Waals surface area contributed by atoms with E-state index >= 15 is 0 Å². The van der Waals surface area contributed by atoms with Crippen LogP contribution in [-0.2, 0) is 0 Å². The fourth-order valence-electron chi connectivity index (χ4n) is 2.01. The smallest absolute Gasteiger partial charge is 0.143 e. The molecule has 0 saturated heterocycles. The van der Waals surface area contributed by atoms with E-state index in [2.05, 4.69) is 42.4 Å². The number of rotatable bonds is 2. The van der Waals surface area contributed by atoms with Crippen molar-refractivity contribution in [2.24, 2.45) is 0 Å². The van der Waals surface area contributed by atoms with Crippen LogP contribution in [0.3, 0.4) is 0 Å². The number of nitrogens with zero attached hydrogens (tertiary/aromatic N) is 4. The summed E-state index contributed by atoms with van der Waals surface area (Å²) >= 11 is 0. The monoisotopic (exact) mass is 212 g/mol. The zero-order valence-corrected chi connectivity index (χ0v) is 9.51. The summed E-state index contributed by atoms with van der Waals surface area (Å²) in [5.74, 6) is 0.707. The molecule has 1 saturated carbocycles. The summed E-state index contributed by atoms with van der Waals surface area (Å²) in [6.45, 7) is 2.12. The zero-order chi connectivity index (χ0) is 11.1. The molecule has 0 spiro atoms. The van der Waals surface area contributed by atoms with Gasteiger partial charge in [0, 0.05) is 0 Å². The lowest BCUT2D eigenvalue weighted by molar-refractivity contribution is 0.780. The van der Waals surface area contributed by atoms with Crippen molar-refractivity contribution < 1.29 is 0 Å². The maximum Gasteiger partial charge on any atom is 0.143 e. The van der Waals surface area contributed by atoms with Crippen molar-refractivity contribution in [3.05, 3.63) is 29.6 Å². The number of hydrogen-bond acceptors (Lipinski definition) is 3. The van der Waals surface area contributed by atoms with Crippen molar-refractivity contribution in [3.8, 4) is 5.69 Å². The highest BCUT2D eigenvalue weighted by molar-refractivity contribution is 6.33. The first-order valence-corrected chi connectivity index (χ1v) is 5.60. The molecule has 0 aliphatic heterocycles. The van der Waals surface area contributed by atoms with Gasteiger partial charge in [-0.2, -0.15) is 0 Å². The molecule has 0 amide bonds. The van der Waals surface area contributed by atoms with Crippen LogP contribution >= 0.6 is 0 Å². The van der Waals surface area contributed by atoms with Crippen molar-refractivity contribution in [1.29, 1.82) is 0 Å². The molecule has 1 aliphatic rings. The van der Waals surface area contributed by atoms with Crippen LogP contribution in [0.5, 0.6) is 0 Å². The molecule has 0 N–H and O–H groups in total. The van der Waals surface area contributed by atoms with Gasteiger partial charge in [0.25, 0.3) is 0 Å². The Kier molecular flexibility index (Phi) is 2.06. The van der Waals surface area contributed by atoms with Gasteiger partial charge in [0.05, 0.1) is 5.69 Å². The molecule has 16 heavy (non-hydrogen) atoms. The predicted octanol–water partition coefficient (Wildman–Crippen LogP) is 0.107. The Labute approximate surface area is 95.1 Å². The normalized spacial score (nSPS) is 15.3. The lowest BCUT2D eigenvalue weighted by Crippen LogP contribution is -2.12. The van der Waals surface area contributed by atoms with E-state index in [1.54, 1.807) is 11.0 Å². The Bertz CT molecular complexity index is 517. The Morgan fingerprint density at radius 3 is 2.81 bits per heavy atom. The third kappa shape index (κ3) is 1.52. The number of aryl methyl sites for hydroxylation is 1. The summed E-state index contributed by atoms with van der Waals surface area (Å²) in [5, 5.41) is 11.4. The average molecular weight is 212 g/mol. The van der Waals surface area contributed by atoms with Crippen molar-refractivity contribution in [2.75, 3.05) is 0 Å². The Morgan fingerprint density at radius 2 is 2.19 bits per heavy atom. The third-order valence-corrected chi connectivity index (χ3v) is 3.26. The summed E-state index contributed by atoms with van der Waals surface area (Å²) in [6.07, 6.45) is 4.24. The maximum absolute atomic E-state index is 3.98. The van der Waals surface area contributed by atoms with Crippen LogP contribution in [0.15, 0.2) is 18.5 Å². The third-order valence-electron chi connectivity index (χ3n) is 3.26. The number of benzene rings is 1. The minimum atomic E-state index is 0.707. The van der Waals surface area contributed by atoms with Crippen molar-refractivity contribution >= 4 is 13.3 Å². The first kappa shape index (κ1) is 9.57. The van der Waals surface area contributed by atoms with Crippen molar-refractivity contribution in [2.45, 2.75) is 25.7 Å². The highest BCUT2D eigenvalue weighted by Gasteiger charge is 2.27. The molecule has 0 atom stereocenters. The molecule has 5 heteroatoms. The fourth-order valence-corrected chi connectivity index (χ4v) is 2.01. The summed E-state index contributed by atoms with van der Waals surface area (Å²) in [4.78, 5) is 0. The van der Waals surface area contributed by atoms with Crippen LogP contribution in [0.1, 0.15) is 29.9 Å². The first-order chi connectivity index (χ1) is 7.75. The van der Waals surface area contributed by atoms with E-state index in [0.29, 0.717) is 5.92 Å². The summed E-state index contributed by atoms with van der Waals surface area (Å²) < 4.78 is 1.76. The SMILES string of the molecule is Bc1cc(C2CC2)c(-n2cnnn2)cc1C. The number of tetrazole rings is 1. The Morgan fingerprint density at radius 1 is 1.38 bits per heavy atom. The molecule has 1 aromatic heterocycles. The van der Waals surface area contributed by atoms with E-state index in [4.69, 9.17) is 0 Å². The average Bonchev–Trinajstić information content (AvgIpc) is 2.97. The molecule has 2 aromatic rings. The van der Waals surface area contributed by atoms with Crippen LogP contribution in [-0.4, -0.2) is 28.1 Å². The van der Waals surface area contributed by atoms with Gasteiger partial charge in [-0.3, -0.25) is 0 Å². The second-order valence-electron chi connectivity index (χ2n) is 4.52. The van der Waals surface area contributed by atoms with Gasteiger partial charge in [-0.15, -0.1) is 5.10 Å². The second-order valence-corrected chi connectivity index (χ2v) is 4.52. The highest BCUT2D eigenvalue weighted by atomic mass is 15.5. The van der Waals surface area contributed by atoms with Gasteiger partial charge in [-0.05, 0) is 47.7 Å². The van der Waals surface area contributed by atoms with E-state index in [9.17, 15) is 0 Å². The molecular formula is C11H13BN4. The van der Waals surface area contributed by atoms with Gasteiger partial charge in [-0.25, -0.2) is 4.68 Å². The van der Waals surface area contributed by atoms with Gasteiger partial charge in [0.2, 0.25) is 0 Å². The number of aromatic nitrogens is 4. The minimum Gasteiger partial charge on any atom is -0.200 e. The van der Waals surface area contributed by atoms with E-state index in [1.165, 1.54) is 29.4 Å². The molecule has 1 aliphatic carbocycles. The van der Waals surface area contributed by atoms with Crippen LogP contribution in [0.25, 0.3) is 5.69 Å². The summed E-state index contributed by atoms with van der Waals surface area (Å²) in [7, 11) is 2.16. The minimum absolute atomic E-state index is 0.707. The fraction of sp³-hybridized carbons (Fsp3) is 0.364. The quantitative estimate of drug-likeness (QED) is 0.663. The summed E-state index contributed by atoms with van der Waals surface area (Å²) in [5.41, 5.74) is 5.15. The van der Waals surface area contributed by atoms with E-state index in [0.717, 1.165) is 5.69 Å². The van der Waals surface area contributed by atoms with Crippen LogP contribution < -0.4 is 5.46 Å². The molecule has 0 unspecified atom stereocenters. The number of hydrogen-bond donors (Lipinski definition) is 0. The lowest BCUT2D eigenvalue weighted by Gasteiger charge is -2.11. The molecule has 4 nitrogen and oxygen atoms in total. The van der Waals surface area contributed by atoms with Crippen LogP contribution in [0, 0.1) is 6.92 Å². The van der Waals surface area contributed by atoms with E-state index < -0.39 is 0 Å². The Balaban J connectivity index is 2.18. The van der Waals surface area contributed by atoms with Gasteiger partial charge >= 0.3 is 0 Å². The standard InChI is InChI=1S/C11H13BN4/c1-7-4-11(16-6-13-14-15-16)9(5-10(7)12)8-2-3-8/h4-6,8H,2-3,12H2,1H3. The van der Waals surface area contributed by atoms with Crippen molar-refractivity contribution in [1.82, 2.24) is 20.2 Å². The van der Waals surface area contributed by atoms with Crippen molar-refractivity contribution in [3.63, 3.8) is 0 Å².